The molecular formula is C22H18N2O4S. The van der Waals surface area contributed by atoms with E-state index in [9.17, 15) is 18.0 Å². The smallest absolute Gasteiger partial charge is 0.273 e. The predicted molar refractivity (Wildman–Crippen MR) is 111 cm³/mol. The first kappa shape index (κ1) is 18.9. The average molecular weight is 406 g/mol. The first-order chi connectivity index (χ1) is 13.8. The van der Waals surface area contributed by atoms with Crippen molar-refractivity contribution in [3.63, 3.8) is 0 Å². The summed E-state index contributed by atoms with van der Waals surface area (Å²) in [5.74, 6) is -1.07. The quantitative estimate of drug-likeness (QED) is 0.715. The highest BCUT2D eigenvalue weighted by molar-refractivity contribution is 7.94. The molecule has 0 aromatic heterocycles. The summed E-state index contributed by atoms with van der Waals surface area (Å²) < 4.78 is 26.8. The van der Waals surface area contributed by atoms with E-state index in [2.05, 4.69) is 5.32 Å². The Morgan fingerprint density at radius 1 is 0.897 bits per heavy atom. The molecule has 1 heterocycles. The van der Waals surface area contributed by atoms with Crippen molar-refractivity contribution in [2.75, 3.05) is 9.62 Å². The minimum atomic E-state index is -4.09. The molecule has 0 saturated carbocycles. The summed E-state index contributed by atoms with van der Waals surface area (Å²) in [5.41, 5.74) is 2.96. The lowest BCUT2D eigenvalue weighted by molar-refractivity contribution is 0.100. The molecule has 0 spiro atoms. The van der Waals surface area contributed by atoms with Crippen LogP contribution < -0.4 is 9.62 Å². The summed E-state index contributed by atoms with van der Waals surface area (Å²) in [5, 5.41) is 2.84. The third-order valence-electron chi connectivity index (χ3n) is 4.89. The third-order valence-corrected chi connectivity index (χ3v) is 6.64. The van der Waals surface area contributed by atoms with Crippen molar-refractivity contribution in [3.05, 3.63) is 89.0 Å². The standard InChI is InChI=1S/C22H18N2O4S/c1-14-7-6-8-15(2)20(14)23-21(25)16-11-12-18-19(13-16)29(27,28)24(22(18)26)17-9-4-3-5-10-17/h3-13H,1-2H3,(H,23,25). The van der Waals surface area contributed by atoms with Gasteiger partial charge in [-0.1, -0.05) is 36.4 Å². The Balaban J connectivity index is 1.72. The summed E-state index contributed by atoms with van der Waals surface area (Å²) in [6.07, 6.45) is 0. The number of carbonyl (C=O) groups excluding carboxylic acids is 2. The van der Waals surface area contributed by atoms with Gasteiger partial charge >= 0.3 is 0 Å². The van der Waals surface area contributed by atoms with Crippen molar-refractivity contribution in [2.24, 2.45) is 0 Å². The van der Waals surface area contributed by atoms with Gasteiger partial charge in [0.2, 0.25) is 0 Å². The summed E-state index contributed by atoms with van der Waals surface area (Å²) >= 11 is 0. The Hall–Kier alpha value is -3.45. The van der Waals surface area contributed by atoms with Crippen LogP contribution >= 0.6 is 0 Å². The second-order valence-corrected chi connectivity index (χ2v) is 8.60. The van der Waals surface area contributed by atoms with Crippen LogP contribution in [0.3, 0.4) is 0 Å². The van der Waals surface area contributed by atoms with Gasteiger partial charge < -0.3 is 5.32 Å². The molecule has 0 fully saturated rings. The molecule has 0 bridgehead atoms. The molecule has 4 rings (SSSR count). The number of fused-ring (bicyclic) bond motifs is 1. The van der Waals surface area contributed by atoms with Crippen LogP contribution in [-0.4, -0.2) is 20.2 Å². The van der Waals surface area contributed by atoms with E-state index < -0.39 is 21.8 Å². The number of anilines is 2. The van der Waals surface area contributed by atoms with Gasteiger partial charge in [-0.2, -0.15) is 4.31 Å². The fraction of sp³-hybridized carbons (Fsp3) is 0.0909. The lowest BCUT2D eigenvalue weighted by atomic mass is 10.1. The minimum Gasteiger partial charge on any atom is -0.322 e. The van der Waals surface area contributed by atoms with Crippen LogP contribution in [0.5, 0.6) is 0 Å². The molecule has 1 N–H and O–H groups in total. The van der Waals surface area contributed by atoms with Crippen LogP contribution in [0.2, 0.25) is 0 Å². The molecule has 0 atom stereocenters. The zero-order valence-electron chi connectivity index (χ0n) is 15.8. The first-order valence-electron chi connectivity index (χ1n) is 8.97. The highest BCUT2D eigenvalue weighted by Gasteiger charge is 2.42. The second kappa shape index (κ2) is 6.86. The number of hydrogen-bond donors (Lipinski definition) is 1. The molecule has 3 aromatic carbocycles. The van der Waals surface area contributed by atoms with Gasteiger partial charge in [-0.05, 0) is 55.3 Å². The fourth-order valence-corrected chi connectivity index (χ4v) is 5.01. The summed E-state index contributed by atoms with van der Waals surface area (Å²) in [6.45, 7) is 3.76. The molecule has 7 heteroatoms. The van der Waals surface area contributed by atoms with Gasteiger partial charge in [-0.3, -0.25) is 9.59 Å². The van der Waals surface area contributed by atoms with Gasteiger partial charge in [-0.15, -0.1) is 0 Å². The zero-order chi connectivity index (χ0) is 20.8. The van der Waals surface area contributed by atoms with Gasteiger partial charge in [0.05, 0.1) is 11.3 Å². The molecule has 1 aliphatic rings. The van der Waals surface area contributed by atoms with Crippen molar-refractivity contribution in [2.45, 2.75) is 18.7 Å². The largest absolute Gasteiger partial charge is 0.322 e. The van der Waals surface area contributed by atoms with Crippen molar-refractivity contribution < 1.29 is 18.0 Å². The van der Waals surface area contributed by atoms with Crippen molar-refractivity contribution in [1.29, 1.82) is 0 Å². The molecule has 2 amide bonds. The van der Waals surface area contributed by atoms with E-state index in [1.54, 1.807) is 30.3 Å². The Labute approximate surface area is 168 Å². The molecule has 0 radical (unpaired) electrons. The Bertz CT molecular complexity index is 1230. The summed E-state index contributed by atoms with van der Waals surface area (Å²) in [6, 6.07) is 17.9. The Morgan fingerprint density at radius 2 is 1.55 bits per heavy atom. The van der Waals surface area contributed by atoms with Crippen molar-refractivity contribution in [3.8, 4) is 0 Å². The molecule has 0 aliphatic carbocycles. The number of nitrogens with zero attached hydrogens (tertiary/aromatic N) is 1. The van der Waals surface area contributed by atoms with E-state index >= 15 is 0 Å². The van der Waals surface area contributed by atoms with Crippen LogP contribution in [0.4, 0.5) is 11.4 Å². The molecule has 29 heavy (non-hydrogen) atoms. The highest BCUT2D eigenvalue weighted by atomic mass is 32.2. The van der Waals surface area contributed by atoms with Crippen LogP contribution in [0.25, 0.3) is 0 Å². The monoisotopic (exact) mass is 406 g/mol. The lowest BCUT2D eigenvalue weighted by Crippen LogP contribution is -2.29. The van der Waals surface area contributed by atoms with E-state index in [1.807, 2.05) is 32.0 Å². The van der Waals surface area contributed by atoms with E-state index in [-0.39, 0.29) is 21.7 Å². The topological polar surface area (TPSA) is 83.6 Å². The van der Waals surface area contributed by atoms with Gasteiger partial charge in [0.25, 0.3) is 21.8 Å². The number of rotatable bonds is 3. The predicted octanol–water partition coefficient (Wildman–Crippen LogP) is 3.90. The van der Waals surface area contributed by atoms with E-state index in [0.29, 0.717) is 5.69 Å². The molecule has 3 aromatic rings. The third kappa shape index (κ3) is 3.09. The van der Waals surface area contributed by atoms with Crippen LogP contribution in [0, 0.1) is 13.8 Å². The summed E-state index contributed by atoms with van der Waals surface area (Å²) in [4.78, 5) is 25.3. The van der Waals surface area contributed by atoms with E-state index in [1.165, 1.54) is 18.2 Å². The van der Waals surface area contributed by atoms with Gasteiger partial charge in [0, 0.05) is 11.3 Å². The van der Waals surface area contributed by atoms with Crippen molar-refractivity contribution >= 4 is 33.2 Å². The maximum Gasteiger partial charge on any atom is 0.273 e. The molecule has 1 aliphatic heterocycles. The highest BCUT2D eigenvalue weighted by Crippen LogP contribution is 2.35. The van der Waals surface area contributed by atoms with Crippen molar-refractivity contribution in [1.82, 2.24) is 0 Å². The van der Waals surface area contributed by atoms with Gasteiger partial charge in [-0.25, -0.2) is 8.42 Å². The number of benzene rings is 3. The normalized spacial score (nSPS) is 14.6. The Morgan fingerprint density at radius 3 is 2.21 bits per heavy atom. The number of nitrogens with one attached hydrogen (secondary N) is 1. The fourth-order valence-electron chi connectivity index (χ4n) is 3.39. The second-order valence-electron chi connectivity index (χ2n) is 6.84. The van der Waals surface area contributed by atoms with Crippen LogP contribution in [0.15, 0.2) is 71.6 Å². The molecular weight excluding hydrogens is 388 g/mol. The number of aryl methyl sites for hydroxylation is 2. The van der Waals surface area contributed by atoms with E-state index in [4.69, 9.17) is 0 Å². The number of hydrogen-bond acceptors (Lipinski definition) is 4. The van der Waals surface area contributed by atoms with E-state index in [0.717, 1.165) is 15.4 Å². The number of amides is 2. The average Bonchev–Trinajstić information content (AvgIpc) is 2.90. The first-order valence-corrected chi connectivity index (χ1v) is 10.4. The molecule has 0 saturated heterocycles. The lowest BCUT2D eigenvalue weighted by Gasteiger charge is -2.14. The molecule has 0 unspecified atom stereocenters. The number of para-hydroxylation sites is 2. The Kier molecular flexibility index (Phi) is 4.47. The SMILES string of the molecule is Cc1cccc(C)c1NC(=O)c1ccc2c(c1)S(=O)(=O)N(c1ccccc1)C2=O. The molecule has 146 valence electrons. The number of carbonyl (C=O) groups is 2. The van der Waals surface area contributed by atoms with Gasteiger partial charge in [0.1, 0.15) is 4.90 Å². The maximum atomic E-state index is 13.0. The maximum absolute atomic E-state index is 13.0. The number of sulfonamides is 1. The molecule has 6 nitrogen and oxygen atoms in total. The van der Waals surface area contributed by atoms with Crippen LogP contribution in [0.1, 0.15) is 31.8 Å². The van der Waals surface area contributed by atoms with Crippen LogP contribution in [-0.2, 0) is 10.0 Å². The summed E-state index contributed by atoms with van der Waals surface area (Å²) in [7, 11) is -4.09. The minimum absolute atomic E-state index is 0.0532. The zero-order valence-corrected chi connectivity index (χ0v) is 16.7. The van der Waals surface area contributed by atoms with Gasteiger partial charge in [0.15, 0.2) is 0 Å².